The first-order valence-corrected chi connectivity index (χ1v) is 6.03. The summed E-state index contributed by atoms with van der Waals surface area (Å²) in [6.45, 7) is 1.91. The van der Waals surface area contributed by atoms with Crippen LogP contribution in [0.15, 0.2) is 36.4 Å². The number of halogens is 1. The molecule has 4 heteroatoms. The van der Waals surface area contributed by atoms with E-state index in [0.717, 1.165) is 23.6 Å². The van der Waals surface area contributed by atoms with Gasteiger partial charge in [0.15, 0.2) is 5.82 Å². The molecule has 3 nitrogen and oxygen atoms in total. The largest absolute Gasteiger partial charge is 0.339 e. The van der Waals surface area contributed by atoms with E-state index in [1.54, 1.807) is 0 Å². The van der Waals surface area contributed by atoms with Crippen LogP contribution in [-0.4, -0.2) is 16.1 Å². The van der Waals surface area contributed by atoms with Crippen molar-refractivity contribution in [2.45, 2.75) is 13.3 Å². The van der Waals surface area contributed by atoms with Gasteiger partial charge >= 0.3 is 0 Å². The van der Waals surface area contributed by atoms with E-state index in [-0.39, 0.29) is 0 Å². The van der Waals surface area contributed by atoms with E-state index in [9.17, 15) is 0 Å². The summed E-state index contributed by atoms with van der Waals surface area (Å²) in [4.78, 5) is 0. The number of aryl methyl sites for hydroxylation is 2. The lowest BCUT2D eigenvalue weighted by molar-refractivity contribution is 0.986. The topological polar surface area (TPSA) is 37.8 Å². The van der Waals surface area contributed by atoms with E-state index < -0.39 is 0 Å². The van der Waals surface area contributed by atoms with Gasteiger partial charge in [0.1, 0.15) is 0 Å². The van der Waals surface area contributed by atoms with Gasteiger partial charge in [0.25, 0.3) is 0 Å². The van der Waals surface area contributed by atoms with Gasteiger partial charge in [-0.2, -0.15) is 5.10 Å². The third-order valence-electron chi connectivity index (χ3n) is 2.41. The number of hydrogen-bond donors (Lipinski definition) is 1. The first-order valence-electron chi connectivity index (χ1n) is 5.50. The second-order valence-electron chi connectivity index (χ2n) is 3.82. The number of benzene rings is 1. The molecule has 2 rings (SSSR count). The average molecular weight is 248 g/mol. The van der Waals surface area contributed by atoms with Crippen LogP contribution >= 0.6 is 11.6 Å². The van der Waals surface area contributed by atoms with Crippen LogP contribution in [0.2, 0.25) is 0 Å². The summed E-state index contributed by atoms with van der Waals surface area (Å²) in [5, 5.41) is 11.2. The molecule has 0 aliphatic heterocycles. The van der Waals surface area contributed by atoms with E-state index in [2.05, 4.69) is 27.6 Å². The SMILES string of the molecule is Cc1ccc(Nc2ccc(CCCl)cc2)nn1. The molecule has 1 heterocycles. The highest BCUT2D eigenvalue weighted by atomic mass is 35.5. The second-order valence-corrected chi connectivity index (χ2v) is 4.20. The van der Waals surface area contributed by atoms with Gasteiger partial charge in [0.2, 0.25) is 0 Å². The van der Waals surface area contributed by atoms with Crippen LogP contribution in [0.3, 0.4) is 0 Å². The number of aromatic nitrogens is 2. The molecule has 0 aliphatic carbocycles. The van der Waals surface area contributed by atoms with Crippen molar-refractivity contribution in [3.05, 3.63) is 47.7 Å². The summed E-state index contributed by atoms with van der Waals surface area (Å²) in [5.41, 5.74) is 3.15. The van der Waals surface area contributed by atoms with Gasteiger partial charge in [0, 0.05) is 11.6 Å². The highest BCUT2D eigenvalue weighted by Crippen LogP contribution is 2.15. The maximum absolute atomic E-state index is 5.69. The van der Waals surface area contributed by atoms with Crippen molar-refractivity contribution in [3.63, 3.8) is 0 Å². The molecule has 1 aromatic carbocycles. The van der Waals surface area contributed by atoms with Crippen LogP contribution in [-0.2, 0) is 6.42 Å². The Hall–Kier alpha value is -1.61. The van der Waals surface area contributed by atoms with Gasteiger partial charge in [-0.15, -0.1) is 16.7 Å². The third kappa shape index (κ3) is 3.43. The lowest BCUT2D eigenvalue weighted by atomic mass is 10.1. The summed E-state index contributed by atoms with van der Waals surface area (Å²) < 4.78 is 0. The van der Waals surface area contributed by atoms with E-state index in [1.165, 1.54) is 5.56 Å². The Morgan fingerprint density at radius 2 is 1.82 bits per heavy atom. The quantitative estimate of drug-likeness (QED) is 0.843. The average Bonchev–Trinajstić information content (AvgIpc) is 2.35. The lowest BCUT2D eigenvalue weighted by Gasteiger charge is -2.05. The molecule has 0 bridgehead atoms. The highest BCUT2D eigenvalue weighted by Gasteiger charge is 1.97. The predicted octanol–water partition coefficient (Wildman–Crippen LogP) is 3.31. The van der Waals surface area contributed by atoms with Gasteiger partial charge < -0.3 is 5.32 Å². The maximum Gasteiger partial charge on any atom is 0.153 e. The molecule has 1 aromatic heterocycles. The zero-order valence-corrected chi connectivity index (χ0v) is 10.4. The zero-order chi connectivity index (χ0) is 12.1. The number of anilines is 2. The van der Waals surface area contributed by atoms with Crippen molar-refractivity contribution in [3.8, 4) is 0 Å². The maximum atomic E-state index is 5.69. The molecule has 0 fully saturated rings. The summed E-state index contributed by atoms with van der Waals surface area (Å²) in [6, 6.07) is 12.0. The molecule has 88 valence electrons. The second kappa shape index (κ2) is 5.64. The molecule has 17 heavy (non-hydrogen) atoms. The van der Waals surface area contributed by atoms with Gasteiger partial charge in [-0.25, -0.2) is 0 Å². The van der Waals surface area contributed by atoms with Crippen LogP contribution < -0.4 is 5.32 Å². The third-order valence-corrected chi connectivity index (χ3v) is 2.60. The van der Waals surface area contributed by atoms with Crippen molar-refractivity contribution < 1.29 is 0 Å². The number of rotatable bonds is 4. The lowest BCUT2D eigenvalue weighted by Crippen LogP contribution is -1.96. The molecule has 1 N–H and O–H groups in total. The molecule has 2 aromatic rings. The number of alkyl halides is 1. The molecule has 0 spiro atoms. The molecular formula is C13H14ClN3. The Bertz CT molecular complexity index is 465. The van der Waals surface area contributed by atoms with Crippen molar-refractivity contribution in [2.24, 2.45) is 0 Å². The monoisotopic (exact) mass is 247 g/mol. The van der Waals surface area contributed by atoms with Crippen molar-refractivity contribution in [2.75, 3.05) is 11.2 Å². The summed E-state index contributed by atoms with van der Waals surface area (Å²) in [7, 11) is 0. The smallest absolute Gasteiger partial charge is 0.153 e. The van der Waals surface area contributed by atoms with Crippen LogP contribution in [0.5, 0.6) is 0 Å². The number of hydrogen-bond acceptors (Lipinski definition) is 3. The fraction of sp³-hybridized carbons (Fsp3) is 0.231. The Balaban J connectivity index is 2.05. The minimum atomic E-state index is 0.649. The van der Waals surface area contributed by atoms with Gasteiger partial charge in [-0.1, -0.05) is 12.1 Å². The molecule has 0 unspecified atom stereocenters. The van der Waals surface area contributed by atoms with Crippen LogP contribution in [0, 0.1) is 6.92 Å². The van der Waals surface area contributed by atoms with Gasteiger partial charge in [-0.05, 0) is 43.2 Å². The number of nitrogens with one attached hydrogen (secondary N) is 1. The summed E-state index contributed by atoms with van der Waals surface area (Å²) >= 11 is 5.69. The standard InChI is InChI=1S/C13H14ClN3/c1-10-2-7-13(17-16-10)15-12-5-3-11(4-6-12)8-9-14/h2-7H,8-9H2,1H3,(H,15,17). The Morgan fingerprint density at radius 1 is 1.06 bits per heavy atom. The highest BCUT2D eigenvalue weighted by molar-refractivity contribution is 6.17. The van der Waals surface area contributed by atoms with E-state index in [0.29, 0.717) is 5.88 Å². The van der Waals surface area contributed by atoms with E-state index >= 15 is 0 Å². The first-order chi connectivity index (χ1) is 8.28. The molecule has 0 atom stereocenters. The zero-order valence-electron chi connectivity index (χ0n) is 9.65. The molecule has 0 saturated heterocycles. The predicted molar refractivity (Wildman–Crippen MR) is 70.9 cm³/mol. The Labute approximate surface area is 106 Å². The molecule has 0 aliphatic rings. The van der Waals surface area contributed by atoms with Crippen molar-refractivity contribution >= 4 is 23.1 Å². The van der Waals surface area contributed by atoms with Gasteiger partial charge in [0.05, 0.1) is 5.69 Å². The van der Waals surface area contributed by atoms with Crippen LogP contribution in [0.25, 0.3) is 0 Å². The Kier molecular flexibility index (Phi) is 3.94. The Morgan fingerprint density at radius 3 is 2.41 bits per heavy atom. The molecule has 0 amide bonds. The fourth-order valence-corrected chi connectivity index (χ4v) is 1.70. The van der Waals surface area contributed by atoms with Crippen molar-refractivity contribution in [1.29, 1.82) is 0 Å². The molecule has 0 radical (unpaired) electrons. The van der Waals surface area contributed by atoms with E-state index in [4.69, 9.17) is 11.6 Å². The van der Waals surface area contributed by atoms with Crippen molar-refractivity contribution in [1.82, 2.24) is 10.2 Å². The van der Waals surface area contributed by atoms with Gasteiger partial charge in [-0.3, -0.25) is 0 Å². The first kappa shape index (κ1) is 11.9. The fourth-order valence-electron chi connectivity index (χ4n) is 1.48. The van der Waals surface area contributed by atoms with E-state index in [1.807, 2.05) is 31.2 Å². The van der Waals surface area contributed by atoms with Crippen LogP contribution in [0.4, 0.5) is 11.5 Å². The minimum Gasteiger partial charge on any atom is -0.339 e. The normalized spacial score (nSPS) is 10.2. The van der Waals surface area contributed by atoms with Crippen LogP contribution in [0.1, 0.15) is 11.3 Å². The molecule has 0 saturated carbocycles. The summed E-state index contributed by atoms with van der Waals surface area (Å²) in [6.07, 6.45) is 0.895. The number of nitrogens with zero attached hydrogens (tertiary/aromatic N) is 2. The minimum absolute atomic E-state index is 0.649. The summed E-state index contributed by atoms with van der Waals surface area (Å²) in [5.74, 6) is 1.40. The molecular weight excluding hydrogens is 234 g/mol.